The van der Waals surface area contributed by atoms with Gasteiger partial charge in [-0.3, -0.25) is 0 Å². The normalized spacial score (nSPS) is 27.3. The summed E-state index contributed by atoms with van der Waals surface area (Å²) in [6.07, 6.45) is 10.7. The molecule has 1 N–H and O–H groups in total. The molecule has 3 heteroatoms. The van der Waals surface area contributed by atoms with Crippen molar-refractivity contribution >= 4 is 0 Å². The van der Waals surface area contributed by atoms with E-state index >= 15 is 0 Å². The first-order chi connectivity index (χ1) is 7.76. The van der Waals surface area contributed by atoms with Crippen LogP contribution in [0.25, 0.3) is 0 Å². The van der Waals surface area contributed by atoms with Gasteiger partial charge in [0.1, 0.15) is 0 Å². The Labute approximate surface area is 98.9 Å². The maximum atomic E-state index is 5.96. The van der Waals surface area contributed by atoms with Crippen molar-refractivity contribution < 1.29 is 9.47 Å². The van der Waals surface area contributed by atoms with Crippen molar-refractivity contribution in [3.05, 3.63) is 0 Å². The van der Waals surface area contributed by atoms with E-state index in [1.807, 2.05) is 0 Å². The summed E-state index contributed by atoms with van der Waals surface area (Å²) in [5, 5.41) is 3.16. The zero-order valence-corrected chi connectivity index (χ0v) is 10.4. The molecule has 16 heavy (non-hydrogen) atoms. The van der Waals surface area contributed by atoms with Gasteiger partial charge in [0.25, 0.3) is 0 Å². The van der Waals surface area contributed by atoms with Crippen molar-refractivity contribution in [3.63, 3.8) is 0 Å². The highest BCUT2D eigenvalue weighted by molar-refractivity contribution is 4.86. The molecule has 1 aliphatic carbocycles. The van der Waals surface area contributed by atoms with E-state index in [2.05, 4.69) is 18.2 Å². The van der Waals surface area contributed by atoms with Gasteiger partial charge in [-0.25, -0.2) is 0 Å². The van der Waals surface area contributed by atoms with Gasteiger partial charge < -0.3 is 14.8 Å². The number of methoxy groups -OCH3 is 1. The van der Waals surface area contributed by atoms with Gasteiger partial charge in [-0.05, 0) is 32.6 Å². The molecule has 3 nitrogen and oxygen atoms in total. The van der Waals surface area contributed by atoms with Crippen LogP contribution in [0.4, 0.5) is 0 Å². The molecule has 0 bridgehead atoms. The third-order valence-electron chi connectivity index (χ3n) is 2.99. The molecule has 0 radical (unpaired) electrons. The van der Waals surface area contributed by atoms with Crippen molar-refractivity contribution in [2.24, 2.45) is 0 Å². The summed E-state index contributed by atoms with van der Waals surface area (Å²) in [4.78, 5) is 0. The fraction of sp³-hybridized carbons (Fsp3) is 0.846. The predicted octanol–water partition coefficient (Wildman–Crippen LogP) is 1.57. The van der Waals surface area contributed by atoms with Crippen LogP contribution < -0.4 is 5.32 Å². The van der Waals surface area contributed by atoms with Gasteiger partial charge in [-0.15, -0.1) is 6.42 Å². The topological polar surface area (TPSA) is 30.5 Å². The molecule has 3 unspecified atom stereocenters. The van der Waals surface area contributed by atoms with Crippen molar-refractivity contribution in [1.82, 2.24) is 5.32 Å². The van der Waals surface area contributed by atoms with E-state index in [0.29, 0.717) is 18.8 Å². The zero-order valence-electron chi connectivity index (χ0n) is 10.4. The molecule has 3 atom stereocenters. The van der Waals surface area contributed by atoms with Crippen LogP contribution in [0.15, 0.2) is 0 Å². The Kier molecular flexibility index (Phi) is 6.47. The lowest BCUT2D eigenvalue weighted by atomic mass is 9.95. The van der Waals surface area contributed by atoms with Crippen molar-refractivity contribution in [3.8, 4) is 12.3 Å². The molecule has 0 saturated heterocycles. The average Bonchev–Trinajstić information content (AvgIpc) is 2.29. The lowest BCUT2D eigenvalue weighted by molar-refractivity contribution is -0.0578. The van der Waals surface area contributed by atoms with E-state index < -0.39 is 0 Å². The van der Waals surface area contributed by atoms with Crippen LogP contribution in [0.3, 0.4) is 0 Å². The van der Waals surface area contributed by atoms with Crippen molar-refractivity contribution in [2.45, 2.75) is 50.9 Å². The van der Waals surface area contributed by atoms with Gasteiger partial charge in [0.05, 0.1) is 24.9 Å². The van der Waals surface area contributed by atoms with E-state index in [4.69, 9.17) is 15.9 Å². The van der Waals surface area contributed by atoms with Gasteiger partial charge in [-0.1, -0.05) is 5.92 Å². The van der Waals surface area contributed by atoms with E-state index in [0.717, 1.165) is 19.4 Å². The highest BCUT2D eigenvalue weighted by Crippen LogP contribution is 2.23. The molecule has 92 valence electrons. The minimum atomic E-state index is 0.217. The Balaban J connectivity index is 2.17. The van der Waals surface area contributed by atoms with Crippen LogP contribution in [0.2, 0.25) is 0 Å². The largest absolute Gasteiger partial charge is 0.381 e. The molecule has 0 aromatic carbocycles. The zero-order chi connectivity index (χ0) is 11.8. The van der Waals surface area contributed by atoms with E-state index in [9.17, 15) is 0 Å². The Hall–Kier alpha value is -0.560. The first-order valence-electron chi connectivity index (χ1n) is 6.08. The highest BCUT2D eigenvalue weighted by Gasteiger charge is 2.23. The van der Waals surface area contributed by atoms with Gasteiger partial charge in [0.15, 0.2) is 0 Å². The third-order valence-corrected chi connectivity index (χ3v) is 2.99. The lowest BCUT2D eigenvalue weighted by Crippen LogP contribution is -2.34. The summed E-state index contributed by atoms with van der Waals surface area (Å²) in [5.41, 5.74) is 0. The second-order valence-corrected chi connectivity index (χ2v) is 4.43. The number of nitrogens with one attached hydrogen (secondary N) is 1. The van der Waals surface area contributed by atoms with Crippen LogP contribution in [0.1, 0.15) is 32.6 Å². The summed E-state index contributed by atoms with van der Waals surface area (Å²) in [6.45, 7) is 3.51. The fourth-order valence-corrected chi connectivity index (χ4v) is 2.16. The maximum Gasteiger partial charge on any atom is 0.0675 e. The molecule has 1 fully saturated rings. The number of hydrogen-bond acceptors (Lipinski definition) is 3. The Morgan fingerprint density at radius 3 is 2.88 bits per heavy atom. The van der Waals surface area contributed by atoms with E-state index in [1.54, 1.807) is 7.11 Å². The maximum absolute atomic E-state index is 5.96. The van der Waals surface area contributed by atoms with Crippen LogP contribution in [-0.4, -0.2) is 38.5 Å². The van der Waals surface area contributed by atoms with Gasteiger partial charge in [0.2, 0.25) is 0 Å². The standard InChI is InChI=1S/C13H23NO2/c1-4-8-14-10-11(2)16-13-7-5-6-12(9-13)15-3/h1,11-14H,5-10H2,2-3H3. The van der Waals surface area contributed by atoms with Gasteiger partial charge in [-0.2, -0.15) is 0 Å². The second-order valence-electron chi connectivity index (χ2n) is 4.43. The van der Waals surface area contributed by atoms with Gasteiger partial charge in [0, 0.05) is 13.7 Å². The SMILES string of the molecule is C#CCNCC(C)OC1CCCC(OC)C1. The molecule has 1 saturated carbocycles. The summed E-state index contributed by atoms with van der Waals surface area (Å²) in [7, 11) is 1.78. The third kappa shape index (κ3) is 4.98. The molecule has 0 aliphatic heterocycles. The molecule has 0 spiro atoms. The lowest BCUT2D eigenvalue weighted by Gasteiger charge is -2.30. The Morgan fingerprint density at radius 2 is 2.19 bits per heavy atom. The number of terminal acetylenes is 1. The van der Waals surface area contributed by atoms with Crippen molar-refractivity contribution in [2.75, 3.05) is 20.2 Å². The summed E-state index contributed by atoms with van der Waals surface area (Å²) in [6, 6.07) is 0. The second kappa shape index (κ2) is 7.67. The minimum absolute atomic E-state index is 0.217. The number of hydrogen-bond donors (Lipinski definition) is 1. The molecule has 0 amide bonds. The molecular weight excluding hydrogens is 202 g/mol. The van der Waals surface area contributed by atoms with Crippen LogP contribution in [0, 0.1) is 12.3 Å². The van der Waals surface area contributed by atoms with Crippen molar-refractivity contribution in [1.29, 1.82) is 0 Å². The summed E-state index contributed by atoms with van der Waals surface area (Å²) >= 11 is 0. The summed E-state index contributed by atoms with van der Waals surface area (Å²) in [5.74, 6) is 2.56. The van der Waals surface area contributed by atoms with E-state index in [1.165, 1.54) is 12.8 Å². The molecular formula is C13H23NO2. The van der Waals surface area contributed by atoms with E-state index in [-0.39, 0.29) is 6.10 Å². The smallest absolute Gasteiger partial charge is 0.0675 e. The Morgan fingerprint density at radius 1 is 1.44 bits per heavy atom. The Bertz CT molecular complexity index is 224. The quantitative estimate of drug-likeness (QED) is 0.550. The predicted molar refractivity (Wildman–Crippen MR) is 65.3 cm³/mol. The van der Waals surface area contributed by atoms with Crippen LogP contribution in [0.5, 0.6) is 0 Å². The van der Waals surface area contributed by atoms with Gasteiger partial charge >= 0.3 is 0 Å². The van der Waals surface area contributed by atoms with Crippen LogP contribution in [-0.2, 0) is 9.47 Å². The number of rotatable bonds is 6. The monoisotopic (exact) mass is 225 g/mol. The minimum Gasteiger partial charge on any atom is -0.381 e. The highest BCUT2D eigenvalue weighted by atomic mass is 16.5. The fourth-order valence-electron chi connectivity index (χ4n) is 2.16. The first-order valence-corrected chi connectivity index (χ1v) is 6.08. The number of ether oxygens (including phenoxy) is 2. The molecule has 0 aromatic heterocycles. The summed E-state index contributed by atoms with van der Waals surface area (Å²) < 4.78 is 11.3. The molecule has 1 aliphatic rings. The molecule has 0 aromatic rings. The molecule has 1 rings (SSSR count). The average molecular weight is 225 g/mol. The van der Waals surface area contributed by atoms with Crippen LogP contribution >= 0.6 is 0 Å². The first kappa shape index (κ1) is 13.5. The molecule has 0 heterocycles.